The molecule has 8 heteroatoms. The summed E-state index contributed by atoms with van der Waals surface area (Å²) < 4.78 is 6.03. The number of carbonyl (C=O) groups excluding carboxylic acids is 3. The second-order valence-corrected chi connectivity index (χ2v) is 7.55. The van der Waals surface area contributed by atoms with Gasteiger partial charge >= 0.3 is 6.15 Å². The number of aromatic nitrogens is 1. The highest BCUT2D eigenvalue weighted by Gasteiger charge is 2.22. The fraction of sp³-hybridized carbons (Fsp3) is 0.476. The van der Waals surface area contributed by atoms with Gasteiger partial charge in [-0.3, -0.25) is 4.79 Å². The number of H-pyrrole nitrogens is 1. The van der Waals surface area contributed by atoms with Gasteiger partial charge in [-0.05, 0) is 39.2 Å². The molecule has 0 atom stereocenters. The van der Waals surface area contributed by atoms with E-state index >= 15 is 0 Å². The van der Waals surface area contributed by atoms with Crippen LogP contribution >= 0.6 is 0 Å². The third-order valence-corrected chi connectivity index (χ3v) is 4.24. The summed E-state index contributed by atoms with van der Waals surface area (Å²) in [4.78, 5) is 31.7. The van der Waals surface area contributed by atoms with Gasteiger partial charge in [0.25, 0.3) is 0 Å². The number of aromatic amines is 1. The van der Waals surface area contributed by atoms with Crippen LogP contribution in [-0.4, -0.2) is 30.7 Å². The Kier molecular flexibility index (Phi) is 9.79. The van der Waals surface area contributed by atoms with Crippen molar-refractivity contribution in [3.05, 3.63) is 30.0 Å². The van der Waals surface area contributed by atoms with Crippen molar-refractivity contribution in [3.8, 4) is 5.75 Å². The van der Waals surface area contributed by atoms with Crippen LogP contribution in [0.1, 0.15) is 45.2 Å². The predicted octanol–water partition coefficient (Wildman–Crippen LogP) is 1.04. The van der Waals surface area contributed by atoms with Gasteiger partial charge in [-0.15, -0.1) is 0 Å². The molecular formula is C21H32N4O4+2. The van der Waals surface area contributed by atoms with Crippen LogP contribution in [0.5, 0.6) is 5.75 Å². The lowest BCUT2D eigenvalue weighted by Gasteiger charge is -2.26. The van der Waals surface area contributed by atoms with E-state index in [0.717, 1.165) is 42.4 Å². The summed E-state index contributed by atoms with van der Waals surface area (Å²) >= 11 is 0. The molecule has 1 aromatic carbocycles. The Bertz CT molecular complexity index is 846. The molecule has 158 valence electrons. The number of nitrogens with one attached hydrogen (secondary N) is 2. The van der Waals surface area contributed by atoms with Crippen LogP contribution in [0.2, 0.25) is 0 Å². The highest BCUT2D eigenvalue weighted by Crippen LogP contribution is 2.29. The Hall–Kier alpha value is -2.96. The van der Waals surface area contributed by atoms with Crippen molar-refractivity contribution in [2.75, 3.05) is 18.9 Å². The van der Waals surface area contributed by atoms with Gasteiger partial charge in [-0.25, -0.2) is 4.98 Å². The Morgan fingerprint density at radius 3 is 2.62 bits per heavy atom. The van der Waals surface area contributed by atoms with Gasteiger partial charge in [0.1, 0.15) is 17.7 Å². The lowest BCUT2D eigenvalue weighted by Crippen LogP contribution is -2.50. The standard InChI is InChI=1S/C20H30N4O2.CO2/c1-14-12-15(22)19-16(23-14)8-7-9-17(19)26-13-20(2,3)24-18(25)10-5-4-6-11-21;2-1-3/h7-9,12H,4-6,10-11,13,21H2,1-3H3,(H2,22,23)(H,24,25);/p+2. The molecule has 0 aliphatic heterocycles. The van der Waals surface area contributed by atoms with Crippen LogP contribution in [0, 0.1) is 6.92 Å². The maximum absolute atomic E-state index is 12.1. The first-order valence-corrected chi connectivity index (χ1v) is 9.67. The fourth-order valence-electron chi connectivity index (χ4n) is 2.98. The van der Waals surface area contributed by atoms with E-state index in [-0.39, 0.29) is 12.1 Å². The molecule has 0 aliphatic rings. The zero-order valence-corrected chi connectivity index (χ0v) is 17.5. The molecule has 0 saturated heterocycles. The maximum Gasteiger partial charge on any atom is 0.373 e. The maximum atomic E-state index is 12.1. The molecule has 1 amide bonds. The van der Waals surface area contributed by atoms with E-state index in [0.29, 0.717) is 24.5 Å². The van der Waals surface area contributed by atoms with Gasteiger partial charge in [0, 0.05) is 25.5 Å². The van der Waals surface area contributed by atoms with Crippen molar-refractivity contribution >= 4 is 28.6 Å². The summed E-state index contributed by atoms with van der Waals surface area (Å²) in [6.45, 7) is 7.19. The molecule has 1 heterocycles. The van der Waals surface area contributed by atoms with Crippen molar-refractivity contribution in [1.29, 1.82) is 0 Å². The number of hydrogen-bond acceptors (Lipinski definition) is 5. The first kappa shape index (κ1) is 24.1. The number of ether oxygens (including phenoxy) is 1. The number of anilines is 1. The average molecular weight is 405 g/mol. The normalized spacial score (nSPS) is 10.6. The number of rotatable bonds is 9. The van der Waals surface area contributed by atoms with Crippen LogP contribution in [0.3, 0.4) is 0 Å². The molecule has 8 nitrogen and oxygen atoms in total. The second kappa shape index (κ2) is 11.8. The molecule has 0 saturated carbocycles. The number of unbranched alkanes of at least 4 members (excludes halogenated alkanes) is 2. The van der Waals surface area contributed by atoms with E-state index in [1.165, 1.54) is 0 Å². The summed E-state index contributed by atoms with van der Waals surface area (Å²) in [5.74, 6) is 0.776. The van der Waals surface area contributed by atoms with E-state index < -0.39 is 5.54 Å². The van der Waals surface area contributed by atoms with Crippen LogP contribution < -0.4 is 26.5 Å². The Labute approximate surface area is 171 Å². The van der Waals surface area contributed by atoms with Crippen LogP contribution in [-0.2, 0) is 14.4 Å². The van der Waals surface area contributed by atoms with E-state index in [4.69, 9.17) is 20.1 Å². The van der Waals surface area contributed by atoms with E-state index in [1.54, 1.807) is 0 Å². The van der Waals surface area contributed by atoms with Crippen molar-refractivity contribution in [1.82, 2.24) is 5.32 Å². The molecule has 7 N–H and O–H groups in total. The van der Waals surface area contributed by atoms with E-state index in [2.05, 4.69) is 16.0 Å². The van der Waals surface area contributed by atoms with Crippen molar-refractivity contribution in [3.63, 3.8) is 0 Å². The van der Waals surface area contributed by atoms with Gasteiger partial charge in [0.2, 0.25) is 11.4 Å². The zero-order chi connectivity index (χ0) is 21.9. The topological polar surface area (TPSA) is 140 Å². The Morgan fingerprint density at radius 2 is 1.97 bits per heavy atom. The number of nitrogen functional groups attached to an aromatic ring is 1. The molecule has 1 aromatic heterocycles. The largest absolute Gasteiger partial charge is 0.490 e. The van der Waals surface area contributed by atoms with Crippen LogP contribution in [0.4, 0.5) is 5.69 Å². The Balaban J connectivity index is 0.00000132. The monoisotopic (exact) mass is 404 g/mol. The number of nitrogens with two attached hydrogens (primary N) is 1. The number of pyridine rings is 1. The zero-order valence-electron chi connectivity index (χ0n) is 17.5. The molecule has 29 heavy (non-hydrogen) atoms. The molecule has 2 rings (SSSR count). The minimum absolute atomic E-state index is 0.0593. The average Bonchev–Trinajstić information content (AvgIpc) is 2.63. The first-order chi connectivity index (χ1) is 13.7. The summed E-state index contributed by atoms with van der Waals surface area (Å²) in [6, 6.07) is 7.71. The fourth-order valence-corrected chi connectivity index (χ4v) is 2.98. The number of carbonyl (C=O) groups is 1. The lowest BCUT2D eigenvalue weighted by molar-refractivity contribution is -0.368. The smallest absolute Gasteiger partial charge is 0.373 e. The summed E-state index contributed by atoms with van der Waals surface area (Å²) in [5.41, 5.74) is 12.2. The summed E-state index contributed by atoms with van der Waals surface area (Å²) in [5, 5.41) is 3.93. The lowest BCUT2D eigenvalue weighted by atomic mass is 10.1. The van der Waals surface area contributed by atoms with Gasteiger partial charge in [-0.1, -0.05) is 6.07 Å². The Morgan fingerprint density at radius 1 is 1.28 bits per heavy atom. The molecule has 2 aromatic rings. The van der Waals surface area contributed by atoms with Gasteiger partial charge in [-0.2, -0.15) is 9.59 Å². The number of quaternary nitrogens is 1. The van der Waals surface area contributed by atoms with Crippen molar-refractivity contribution in [2.45, 2.75) is 52.0 Å². The number of hydrogen-bond donors (Lipinski definition) is 3. The third-order valence-electron chi connectivity index (χ3n) is 4.24. The summed E-state index contributed by atoms with van der Waals surface area (Å²) in [6.07, 6.45) is 3.80. The minimum Gasteiger partial charge on any atom is -0.490 e. The molecular weight excluding hydrogens is 372 g/mol. The minimum atomic E-state index is -0.464. The predicted molar refractivity (Wildman–Crippen MR) is 109 cm³/mol. The molecule has 0 spiro atoms. The van der Waals surface area contributed by atoms with E-state index in [9.17, 15) is 4.79 Å². The van der Waals surface area contributed by atoms with Crippen LogP contribution in [0.15, 0.2) is 24.3 Å². The quantitative estimate of drug-likeness (QED) is 0.536. The van der Waals surface area contributed by atoms with Gasteiger partial charge < -0.3 is 21.5 Å². The highest BCUT2D eigenvalue weighted by molar-refractivity contribution is 5.93. The van der Waals surface area contributed by atoms with Crippen molar-refractivity contribution in [2.24, 2.45) is 0 Å². The molecule has 0 bridgehead atoms. The number of benzene rings is 1. The van der Waals surface area contributed by atoms with Crippen molar-refractivity contribution < 1.29 is 29.8 Å². The molecule has 0 aliphatic carbocycles. The molecule has 0 radical (unpaired) electrons. The summed E-state index contributed by atoms with van der Waals surface area (Å²) in [7, 11) is 0. The molecule has 0 fully saturated rings. The second-order valence-electron chi connectivity index (χ2n) is 7.55. The highest BCUT2D eigenvalue weighted by atomic mass is 16.5. The first-order valence-electron chi connectivity index (χ1n) is 9.67. The van der Waals surface area contributed by atoms with E-state index in [1.807, 2.05) is 45.0 Å². The third kappa shape index (κ3) is 8.29. The van der Waals surface area contributed by atoms with Crippen LogP contribution in [0.25, 0.3) is 10.9 Å². The molecule has 0 unspecified atom stereocenters. The SMILES string of the molecule is Cc1cc(N)c2c(OCC(C)(C)NC(=O)CCCCC[NH3+])cccc2[nH+]1.O=C=O. The van der Waals surface area contributed by atoms with Gasteiger partial charge in [0.15, 0.2) is 5.69 Å². The number of aryl methyl sites for hydroxylation is 1. The van der Waals surface area contributed by atoms with Gasteiger partial charge in [0.05, 0.1) is 17.8 Å². The number of amides is 1. The number of fused-ring (bicyclic) bond motifs is 1.